The monoisotopic (exact) mass is 293 g/mol. The summed E-state index contributed by atoms with van der Waals surface area (Å²) in [6.45, 7) is 1.29. The molecule has 20 heavy (non-hydrogen) atoms. The van der Waals surface area contributed by atoms with Crippen molar-refractivity contribution in [3.05, 3.63) is 29.0 Å². The standard InChI is InChI=1S/C14H16ClN3O2/c15-12-5-4-10(7-16-12)8-17-9-13(19)18-6-2-1-3-11(18)14(17)20/h4-5,7,11H,1-3,6,8-9H2. The number of hydrogen-bond donors (Lipinski definition) is 0. The Morgan fingerprint density at radius 3 is 2.90 bits per heavy atom. The van der Waals surface area contributed by atoms with Crippen molar-refractivity contribution in [1.29, 1.82) is 0 Å². The molecule has 3 rings (SSSR count). The third-order valence-corrected chi connectivity index (χ3v) is 4.13. The molecule has 6 heteroatoms. The number of amides is 2. The van der Waals surface area contributed by atoms with E-state index in [0.29, 0.717) is 18.2 Å². The molecule has 0 saturated carbocycles. The zero-order valence-corrected chi connectivity index (χ0v) is 11.8. The molecule has 5 nitrogen and oxygen atoms in total. The summed E-state index contributed by atoms with van der Waals surface area (Å²) in [5.41, 5.74) is 0.889. The van der Waals surface area contributed by atoms with Crippen molar-refractivity contribution >= 4 is 23.4 Å². The summed E-state index contributed by atoms with van der Waals surface area (Å²) in [6.07, 6.45) is 4.43. The van der Waals surface area contributed by atoms with Gasteiger partial charge in [-0.3, -0.25) is 9.59 Å². The minimum Gasteiger partial charge on any atom is -0.329 e. The molecule has 0 bridgehead atoms. The zero-order chi connectivity index (χ0) is 14.1. The number of nitrogens with zero attached hydrogens (tertiary/aromatic N) is 3. The lowest BCUT2D eigenvalue weighted by Gasteiger charge is -2.42. The van der Waals surface area contributed by atoms with Crippen molar-refractivity contribution in [2.75, 3.05) is 13.1 Å². The second kappa shape index (κ2) is 5.40. The van der Waals surface area contributed by atoms with Crippen LogP contribution in [0.3, 0.4) is 0 Å². The number of piperidine rings is 1. The number of rotatable bonds is 2. The first kappa shape index (κ1) is 13.4. The van der Waals surface area contributed by atoms with Gasteiger partial charge in [0.1, 0.15) is 17.7 Å². The third kappa shape index (κ3) is 2.50. The number of hydrogen-bond acceptors (Lipinski definition) is 3. The van der Waals surface area contributed by atoms with E-state index < -0.39 is 0 Å². The molecule has 2 aliphatic rings. The molecule has 0 aromatic carbocycles. The smallest absolute Gasteiger partial charge is 0.246 e. The molecule has 1 aromatic rings. The van der Waals surface area contributed by atoms with E-state index in [4.69, 9.17) is 11.6 Å². The van der Waals surface area contributed by atoms with Crippen LogP contribution in [0.25, 0.3) is 0 Å². The molecular weight excluding hydrogens is 278 g/mol. The van der Waals surface area contributed by atoms with E-state index in [9.17, 15) is 9.59 Å². The number of pyridine rings is 1. The molecule has 0 radical (unpaired) electrons. The van der Waals surface area contributed by atoms with Crippen molar-refractivity contribution in [3.63, 3.8) is 0 Å². The lowest BCUT2D eigenvalue weighted by atomic mass is 9.98. The molecule has 0 aliphatic carbocycles. The van der Waals surface area contributed by atoms with Gasteiger partial charge in [0, 0.05) is 19.3 Å². The first-order valence-electron chi connectivity index (χ1n) is 6.84. The van der Waals surface area contributed by atoms with Crippen LogP contribution in [0.4, 0.5) is 0 Å². The highest BCUT2D eigenvalue weighted by molar-refractivity contribution is 6.29. The SMILES string of the molecule is O=C1C2CCCCN2C(=O)CN1Cc1ccc(Cl)nc1. The van der Waals surface area contributed by atoms with Gasteiger partial charge < -0.3 is 9.80 Å². The molecule has 2 fully saturated rings. The quantitative estimate of drug-likeness (QED) is 0.776. The Labute approximate surface area is 122 Å². The van der Waals surface area contributed by atoms with Crippen molar-refractivity contribution < 1.29 is 9.59 Å². The van der Waals surface area contributed by atoms with Crippen molar-refractivity contribution in [2.45, 2.75) is 31.8 Å². The minimum absolute atomic E-state index is 0.0521. The van der Waals surface area contributed by atoms with Crippen LogP contribution in [0.15, 0.2) is 18.3 Å². The molecule has 1 unspecified atom stereocenters. The fourth-order valence-electron chi connectivity index (χ4n) is 2.88. The van der Waals surface area contributed by atoms with Crippen LogP contribution in [0.5, 0.6) is 0 Å². The van der Waals surface area contributed by atoms with Crippen molar-refractivity contribution in [1.82, 2.24) is 14.8 Å². The molecule has 0 spiro atoms. The van der Waals surface area contributed by atoms with Crippen molar-refractivity contribution in [2.24, 2.45) is 0 Å². The number of fused-ring (bicyclic) bond motifs is 1. The maximum Gasteiger partial charge on any atom is 0.246 e. The number of halogens is 1. The highest BCUT2D eigenvalue weighted by atomic mass is 35.5. The van der Waals surface area contributed by atoms with E-state index in [1.165, 1.54) is 0 Å². The fourth-order valence-corrected chi connectivity index (χ4v) is 3.00. The van der Waals surface area contributed by atoms with Crippen LogP contribution in [-0.4, -0.2) is 45.7 Å². The van der Waals surface area contributed by atoms with Crippen LogP contribution < -0.4 is 0 Å². The summed E-state index contributed by atoms with van der Waals surface area (Å²) in [4.78, 5) is 32.0. The molecule has 2 saturated heterocycles. The Bertz CT molecular complexity index is 532. The lowest BCUT2D eigenvalue weighted by Crippen LogP contribution is -2.60. The van der Waals surface area contributed by atoms with Gasteiger partial charge in [-0.25, -0.2) is 4.98 Å². The van der Waals surface area contributed by atoms with Gasteiger partial charge in [-0.1, -0.05) is 17.7 Å². The van der Waals surface area contributed by atoms with E-state index in [0.717, 1.165) is 24.8 Å². The number of aromatic nitrogens is 1. The summed E-state index contributed by atoms with van der Waals surface area (Å²) < 4.78 is 0. The summed E-state index contributed by atoms with van der Waals surface area (Å²) in [5.74, 6) is 0.107. The average molecular weight is 294 g/mol. The predicted molar refractivity (Wildman–Crippen MR) is 74.0 cm³/mol. The lowest BCUT2D eigenvalue weighted by molar-refractivity contribution is -0.158. The fraction of sp³-hybridized carbons (Fsp3) is 0.500. The second-order valence-corrected chi connectivity index (χ2v) is 5.67. The van der Waals surface area contributed by atoms with Gasteiger partial charge in [0.15, 0.2) is 0 Å². The Morgan fingerprint density at radius 1 is 1.30 bits per heavy atom. The first-order chi connectivity index (χ1) is 9.65. The van der Waals surface area contributed by atoms with Gasteiger partial charge in [0.05, 0.1) is 0 Å². The average Bonchev–Trinajstić information content (AvgIpc) is 2.47. The Balaban J connectivity index is 1.75. The van der Waals surface area contributed by atoms with E-state index in [2.05, 4.69) is 4.98 Å². The van der Waals surface area contributed by atoms with E-state index in [-0.39, 0.29) is 24.4 Å². The molecule has 2 aliphatic heterocycles. The van der Waals surface area contributed by atoms with Gasteiger partial charge in [0.25, 0.3) is 0 Å². The summed E-state index contributed by atoms with van der Waals surface area (Å²) in [5, 5.41) is 0.424. The molecule has 1 aromatic heterocycles. The van der Waals surface area contributed by atoms with Crippen LogP contribution in [0.1, 0.15) is 24.8 Å². The van der Waals surface area contributed by atoms with Crippen LogP contribution in [0.2, 0.25) is 5.15 Å². The van der Waals surface area contributed by atoms with E-state index in [1.807, 2.05) is 6.07 Å². The van der Waals surface area contributed by atoms with Crippen molar-refractivity contribution in [3.8, 4) is 0 Å². The van der Waals surface area contributed by atoms with Gasteiger partial charge >= 0.3 is 0 Å². The molecule has 3 heterocycles. The second-order valence-electron chi connectivity index (χ2n) is 5.28. The molecule has 1 atom stereocenters. The number of piperazine rings is 1. The summed E-state index contributed by atoms with van der Waals surface area (Å²) >= 11 is 5.74. The van der Waals surface area contributed by atoms with E-state index >= 15 is 0 Å². The normalized spacial score (nSPS) is 22.9. The Morgan fingerprint density at radius 2 is 2.15 bits per heavy atom. The van der Waals surface area contributed by atoms with Crippen LogP contribution >= 0.6 is 11.6 Å². The van der Waals surface area contributed by atoms with Gasteiger partial charge in [0.2, 0.25) is 11.8 Å². The molecule has 2 amide bonds. The van der Waals surface area contributed by atoms with E-state index in [1.54, 1.807) is 22.1 Å². The Kier molecular flexibility index (Phi) is 3.61. The summed E-state index contributed by atoms with van der Waals surface area (Å²) in [7, 11) is 0. The molecular formula is C14H16ClN3O2. The Hall–Kier alpha value is -1.62. The minimum atomic E-state index is -0.259. The third-order valence-electron chi connectivity index (χ3n) is 3.91. The molecule has 106 valence electrons. The summed E-state index contributed by atoms with van der Waals surface area (Å²) in [6, 6.07) is 3.27. The van der Waals surface area contributed by atoms with Gasteiger partial charge in [-0.05, 0) is 30.9 Å². The largest absolute Gasteiger partial charge is 0.329 e. The van der Waals surface area contributed by atoms with Gasteiger partial charge in [-0.15, -0.1) is 0 Å². The number of carbonyl (C=O) groups excluding carboxylic acids is 2. The zero-order valence-electron chi connectivity index (χ0n) is 11.1. The van der Waals surface area contributed by atoms with Crippen LogP contribution in [0, 0.1) is 0 Å². The highest BCUT2D eigenvalue weighted by Gasteiger charge is 2.40. The van der Waals surface area contributed by atoms with Gasteiger partial charge in [-0.2, -0.15) is 0 Å². The topological polar surface area (TPSA) is 53.5 Å². The number of carbonyl (C=O) groups is 2. The molecule has 0 N–H and O–H groups in total. The first-order valence-corrected chi connectivity index (χ1v) is 7.21. The maximum atomic E-state index is 12.5. The highest BCUT2D eigenvalue weighted by Crippen LogP contribution is 2.24. The predicted octanol–water partition coefficient (Wildman–Crippen LogP) is 1.46. The van der Waals surface area contributed by atoms with Crippen LogP contribution in [-0.2, 0) is 16.1 Å². The maximum absolute atomic E-state index is 12.5.